The van der Waals surface area contributed by atoms with Gasteiger partial charge in [-0.1, -0.05) is 17.7 Å². The molecule has 2 saturated heterocycles. The van der Waals surface area contributed by atoms with Gasteiger partial charge in [0.05, 0.1) is 43.3 Å². The highest BCUT2D eigenvalue weighted by Crippen LogP contribution is 2.19. The van der Waals surface area contributed by atoms with Crippen LogP contribution in [-0.4, -0.2) is 81.6 Å². The molecule has 0 saturated carbocycles. The molecule has 1 aromatic carbocycles. The van der Waals surface area contributed by atoms with Crippen molar-refractivity contribution in [3.8, 4) is 0 Å². The molecule has 150 valence electrons. The van der Waals surface area contributed by atoms with Gasteiger partial charge in [-0.2, -0.15) is 4.31 Å². The summed E-state index contributed by atoms with van der Waals surface area (Å²) in [5, 5.41) is 0.403. The number of amides is 1. The third kappa shape index (κ3) is 5.00. The number of ether oxygens (including phenoxy) is 1. The molecule has 1 amide bonds. The van der Waals surface area contributed by atoms with Gasteiger partial charge in [0.15, 0.2) is 6.54 Å². The molecule has 2 atom stereocenters. The Morgan fingerprint density at radius 3 is 2.44 bits per heavy atom. The van der Waals surface area contributed by atoms with Crippen LogP contribution in [-0.2, 0) is 19.6 Å². The van der Waals surface area contributed by atoms with Crippen molar-refractivity contribution >= 4 is 27.5 Å². The second kappa shape index (κ2) is 8.45. The molecule has 2 fully saturated rings. The first-order valence-corrected chi connectivity index (χ1v) is 11.1. The van der Waals surface area contributed by atoms with Gasteiger partial charge in [0.1, 0.15) is 0 Å². The highest BCUT2D eigenvalue weighted by Gasteiger charge is 2.33. The number of piperazine rings is 1. The van der Waals surface area contributed by atoms with Crippen LogP contribution in [0, 0.1) is 0 Å². The minimum absolute atomic E-state index is 0.0485. The molecular weight excluding hydrogens is 390 g/mol. The van der Waals surface area contributed by atoms with E-state index in [0.29, 0.717) is 50.8 Å². The number of hydrogen-bond donors (Lipinski definition) is 1. The Kier molecular flexibility index (Phi) is 6.43. The Hall–Kier alpha value is -1.19. The SMILES string of the molecule is C[C@@H]1CN(C(=O)C[NH+]2CCN(S(=O)(=O)c3cccc(Cl)c3)CC2)C[C@@H](C)O1. The van der Waals surface area contributed by atoms with Crippen LogP contribution >= 0.6 is 11.6 Å². The summed E-state index contributed by atoms with van der Waals surface area (Å²) in [4.78, 5) is 15.8. The number of benzene rings is 1. The molecule has 0 radical (unpaired) electrons. The zero-order chi connectivity index (χ0) is 19.6. The lowest BCUT2D eigenvalue weighted by Gasteiger charge is -2.37. The van der Waals surface area contributed by atoms with E-state index in [0.717, 1.165) is 4.90 Å². The second-order valence-electron chi connectivity index (χ2n) is 7.34. The number of halogens is 1. The van der Waals surface area contributed by atoms with Gasteiger partial charge in [-0.3, -0.25) is 4.79 Å². The van der Waals surface area contributed by atoms with Gasteiger partial charge < -0.3 is 14.5 Å². The fourth-order valence-electron chi connectivity index (χ4n) is 3.70. The lowest BCUT2D eigenvalue weighted by Crippen LogP contribution is -3.15. The van der Waals surface area contributed by atoms with E-state index >= 15 is 0 Å². The Morgan fingerprint density at radius 2 is 1.85 bits per heavy atom. The maximum atomic E-state index is 12.8. The van der Waals surface area contributed by atoms with Gasteiger partial charge in [0.2, 0.25) is 10.0 Å². The first-order chi connectivity index (χ1) is 12.8. The average molecular weight is 417 g/mol. The summed E-state index contributed by atoms with van der Waals surface area (Å²) < 4.78 is 32.7. The van der Waals surface area contributed by atoms with Crippen LogP contribution in [0.4, 0.5) is 0 Å². The number of carbonyl (C=O) groups is 1. The standard InChI is InChI=1S/C18H26ClN3O4S/c1-14-11-21(12-15(2)26-14)18(23)13-20-6-8-22(9-7-20)27(24,25)17-5-3-4-16(19)10-17/h3-5,10,14-15H,6-9,11-13H2,1-2H3/p+1/t14-,15-/m1/s1. The normalized spacial score (nSPS) is 25.5. The molecule has 0 aromatic heterocycles. The molecule has 27 heavy (non-hydrogen) atoms. The summed E-state index contributed by atoms with van der Waals surface area (Å²) in [5.41, 5.74) is 0. The lowest BCUT2D eigenvalue weighted by molar-refractivity contribution is -0.896. The fraction of sp³-hybridized carbons (Fsp3) is 0.611. The van der Waals surface area contributed by atoms with Crippen molar-refractivity contribution in [2.75, 3.05) is 45.8 Å². The Morgan fingerprint density at radius 1 is 1.22 bits per heavy atom. The maximum Gasteiger partial charge on any atom is 0.277 e. The third-order valence-corrected chi connectivity index (χ3v) is 7.17. The van der Waals surface area contributed by atoms with E-state index in [1.807, 2.05) is 18.7 Å². The lowest BCUT2D eigenvalue weighted by atomic mass is 10.2. The highest BCUT2D eigenvalue weighted by molar-refractivity contribution is 7.89. The van der Waals surface area contributed by atoms with Crippen LogP contribution < -0.4 is 4.90 Å². The Labute approximate surface area is 165 Å². The predicted octanol–water partition coefficient (Wildman–Crippen LogP) is -0.135. The van der Waals surface area contributed by atoms with E-state index in [9.17, 15) is 13.2 Å². The smallest absolute Gasteiger partial charge is 0.277 e. The number of nitrogens with zero attached hydrogens (tertiary/aromatic N) is 2. The molecule has 2 aliphatic heterocycles. The van der Waals surface area contributed by atoms with Crippen LogP contribution in [0.15, 0.2) is 29.2 Å². The molecule has 0 spiro atoms. The van der Waals surface area contributed by atoms with Crippen molar-refractivity contribution in [2.24, 2.45) is 0 Å². The van der Waals surface area contributed by atoms with E-state index in [2.05, 4.69) is 0 Å². The fourth-order valence-corrected chi connectivity index (χ4v) is 5.45. The Balaban J connectivity index is 1.55. The minimum Gasteiger partial charge on any atom is -0.372 e. The molecule has 2 heterocycles. The molecule has 0 unspecified atom stereocenters. The number of morpholine rings is 1. The zero-order valence-corrected chi connectivity index (χ0v) is 17.3. The number of quaternary nitrogens is 1. The van der Waals surface area contributed by atoms with Gasteiger partial charge in [-0.05, 0) is 32.0 Å². The maximum absolute atomic E-state index is 12.8. The van der Waals surface area contributed by atoms with Gasteiger partial charge in [-0.25, -0.2) is 8.42 Å². The molecule has 0 aliphatic carbocycles. The monoisotopic (exact) mass is 416 g/mol. The number of sulfonamides is 1. The zero-order valence-electron chi connectivity index (χ0n) is 15.7. The van der Waals surface area contributed by atoms with Crippen LogP contribution in [0.3, 0.4) is 0 Å². The summed E-state index contributed by atoms with van der Waals surface area (Å²) in [7, 11) is -3.55. The summed E-state index contributed by atoms with van der Waals surface area (Å²) in [6, 6.07) is 6.33. The molecule has 1 N–H and O–H groups in total. The van der Waals surface area contributed by atoms with Gasteiger partial charge in [0.25, 0.3) is 5.91 Å². The van der Waals surface area contributed by atoms with Crippen molar-refractivity contribution in [2.45, 2.75) is 31.0 Å². The summed E-state index contributed by atoms with van der Waals surface area (Å²) in [6.45, 7) is 7.59. The summed E-state index contributed by atoms with van der Waals surface area (Å²) in [6.07, 6.45) is 0.0970. The van der Waals surface area contributed by atoms with Crippen molar-refractivity contribution in [3.63, 3.8) is 0 Å². The van der Waals surface area contributed by atoms with Crippen molar-refractivity contribution in [1.82, 2.24) is 9.21 Å². The quantitative estimate of drug-likeness (QED) is 0.742. The predicted molar refractivity (Wildman–Crippen MR) is 102 cm³/mol. The average Bonchev–Trinajstić information content (AvgIpc) is 2.61. The van der Waals surface area contributed by atoms with Gasteiger partial charge >= 0.3 is 0 Å². The number of rotatable bonds is 4. The van der Waals surface area contributed by atoms with Crippen molar-refractivity contribution in [1.29, 1.82) is 0 Å². The molecular formula is C18H27ClN3O4S+. The molecule has 9 heteroatoms. The summed E-state index contributed by atoms with van der Waals surface area (Å²) >= 11 is 5.93. The first-order valence-electron chi connectivity index (χ1n) is 9.28. The topological polar surface area (TPSA) is 71.4 Å². The largest absolute Gasteiger partial charge is 0.372 e. The van der Waals surface area contributed by atoms with E-state index in [4.69, 9.17) is 16.3 Å². The van der Waals surface area contributed by atoms with Crippen LogP contribution in [0.2, 0.25) is 5.02 Å². The molecule has 2 aliphatic rings. The van der Waals surface area contributed by atoms with E-state index < -0.39 is 10.0 Å². The highest BCUT2D eigenvalue weighted by atomic mass is 35.5. The van der Waals surface area contributed by atoms with Crippen LogP contribution in [0.5, 0.6) is 0 Å². The van der Waals surface area contributed by atoms with E-state index in [1.54, 1.807) is 18.2 Å². The van der Waals surface area contributed by atoms with Crippen LogP contribution in [0.25, 0.3) is 0 Å². The summed E-state index contributed by atoms with van der Waals surface area (Å²) in [5.74, 6) is 0.109. The Bertz CT molecular complexity index is 771. The number of hydrogen-bond acceptors (Lipinski definition) is 4. The van der Waals surface area contributed by atoms with Gasteiger partial charge in [-0.15, -0.1) is 0 Å². The van der Waals surface area contributed by atoms with Crippen LogP contribution in [0.1, 0.15) is 13.8 Å². The van der Waals surface area contributed by atoms with E-state index in [1.165, 1.54) is 10.4 Å². The number of carbonyl (C=O) groups excluding carboxylic acids is 1. The number of nitrogens with one attached hydrogen (secondary N) is 1. The first kappa shape index (κ1) is 20.5. The second-order valence-corrected chi connectivity index (χ2v) is 9.72. The molecule has 0 bridgehead atoms. The van der Waals surface area contributed by atoms with Crippen molar-refractivity contribution < 1.29 is 22.8 Å². The third-order valence-electron chi connectivity index (χ3n) is 5.04. The molecule has 1 aromatic rings. The minimum atomic E-state index is -3.55. The molecule has 7 nitrogen and oxygen atoms in total. The van der Waals surface area contributed by atoms with Crippen molar-refractivity contribution in [3.05, 3.63) is 29.3 Å². The van der Waals surface area contributed by atoms with E-state index in [-0.39, 0.29) is 23.0 Å². The van der Waals surface area contributed by atoms with Gasteiger partial charge in [0, 0.05) is 18.1 Å². The molecule has 3 rings (SSSR count).